The van der Waals surface area contributed by atoms with Gasteiger partial charge in [-0.05, 0) is 24.5 Å². The lowest BCUT2D eigenvalue weighted by atomic mass is 10.0. The lowest BCUT2D eigenvalue weighted by Crippen LogP contribution is -2.26. The van der Waals surface area contributed by atoms with Gasteiger partial charge in [-0.2, -0.15) is 13.2 Å². The van der Waals surface area contributed by atoms with Crippen LogP contribution >= 0.6 is 0 Å². The van der Waals surface area contributed by atoms with E-state index in [0.29, 0.717) is 25.9 Å². The van der Waals surface area contributed by atoms with Crippen LogP contribution < -0.4 is 10.2 Å². The summed E-state index contributed by atoms with van der Waals surface area (Å²) in [6, 6.07) is 2.32. The number of pyridine rings is 1. The summed E-state index contributed by atoms with van der Waals surface area (Å²) in [6.07, 6.45) is -2.03. The molecule has 1 aliphatic rings. The first-order valence-electron chi connectivity index (χ1n) is 6.39. The molecule has 110 valence electrons. The number of halogens is 3. The van der Waals surface area contributed by atoms with Gasteiger partial charge in [0.25, 0.3) is 0 Å². The van der Waals surface area contributed by atoms with Crippen molar-refractivity contribution < 1.29 is 18.0 Å². The van der Waals surface area contributed by atoms with Gasteiger partial charge in [0.1, 0.15) is 5.82 Å². The Hall–Kier alpha value is -1.79. The molecule has 0 aromatic carbocycles. The predicted molar refractivity (Wildman–Crippen MR) is 68.2 cm³/mol. The first-order chi connectivity index (χ1) is 9.41. The van der Waals surface area contributed by atoms with Gasteiger partial charge in [0.2, 0.25) is 5.91 Å². The Balaban J connectivity index is 2.13. The molecule has 0 radical (unpaired) electrons. The first kappa shape index (κ1) is 14.6. The third-order valence-corrected chi connectivity index (χ3v) is 3.43. The summed E-state index contributed by atoms with van der Waals surface area (Å²) < 4.78 is 38.8. The molecule has 4 nitrogen and oxygen atoms in total. The third kappa shape index (κ3) is 3.20. The fraction of sp³-hybridized carbons (Fsp3) is 0.538. The maximum Gasteiger partial charge on any atom is 0.419 e. The largest absolute Gasteiger partial charge is 0.419 e. The number of nitrogens with one attached hydrogen (secondary N) is 1. The second-order valence-electron chi connectivity index (χ2n) is 4.85. The molecule has 7 heteroatoms. The summed E-state index contributed by atoms with van der Waals surface area (Å²) >= 11 is 0. The Kier molecular flexibility index (Phi) is 4.15. The molecule has 0 aliphatic carbocycles. The minimum atomic E-state index is -4.41. The minimum Gasteiger partial charge on any atom is -0.359 e. The predicted octanol–water partition coefficient (Wildman–Crippen LogP) is 2.06. The fourth-order valence-electron chi connectivity index (χ4n) is 2.43. The van der Waals surface area contributed by atoms with Crippen molar-refractivity contribution in [3.63, 3.8) is 0 Å². The molecule has 1 saturated heterocycles. The van der Waals surface area contributed by atoms with E-state index in [2.05, 4.69) is 10.3 Å². The lowest BCUT2D eigenvalue weighted by molar-refractivity contribution is -0.137. The molecule has 0 saturated carbocycles. The van der Waals surface area contributed by atoms with Gasteiger partial charge in [-0.25, -0.2) is 4.98 Å². The van der Waals surface area contributed by atoms with Gasteiger partial charge in [0.05, 0.1) is 5.56 Å². The molecular weight excluding hydrogens is 271 g/mol. The topological polar surface area (TPSA) is 45.2 Å². The highest BCUT2D eigenvalue weighted by molar-refractivity contribution is 5.76. The van der Waals surface area contributed by atoms with E-state index in [1.165, 1.54) is 12.3 Å². The Labute approximate surface area is 115 Å². The van der Waals surface area contributed by atoms with E-state index in [1.807, 2.05) is 0 Å². The second-order valence-corrected chi connectivity index (χ2v) is 4.85. The Morgan fingerprint density at radius 2 is 2.30 bits per heavy atom. The van der Waals surface area contributed by atoms with Crippen LogP contribution in [0.4, 0.5) is 19.0 Å². The highest BCUT2D eigenvalue weighted by Gasteiger charge is 2.37. The van der Waals surface area contributed by atoms with E-state index in [4.69, 9.17) is 0 Å². The van der Waals surface area contributed by atoms with E-state index in [0.717, 1.165) is 6.07 Å². The van der Waals surface area contributed by atoms with E-state index in [9.17, 15) is 18.0 Å². The van der Waals surface area contributed by atoms with Gasteiger partial charge >= 0.3 is 6.18 Å². The highest BCUT2D eigenvalue weighted by Crippen LogP contribution is 2.37. The van der Waals surface area contributed by atoms with Crippen LogP contribution in [0.25, 0.3) is 0 Å². The van der Waals surface area contributed by atoms with Crippen LogP contribution in [0.15, 0.2) is 18.3 Å². The van der Waals surface area contributed by atoms with Crippen molar-refractivity contribution in [3.8, 4) is 0 Å². The average Bonchev–Trinajstić information content (AvgIpc) is 2.86. The molecule has 0 bridgehead atoms. The van der Waals surface area contributed by atoms with Gasteiger partial charge < -0.3 is 10.2 Å². The van der Waals surface area contributed by atoms with Crippen molar-refractivity contribution in [2.45, 2.75) is 19.0 Å². The van der Waals surface area contributed by atoms with Crippen LogP contribution in [0.1, 0.15) is 18.4 Å². The standard InChI is InChI=1S/C13H16F3N3O/c1-17-11(20)7-9-4-6-19(8-9)12-10(13(14,15)16)3-2-5-18-12/h2-3,5,9H,4,6-8H2,1H3,(H,17,20). The molecule has 1 unspecified atom stereocenters. The van der Waals surface area contributed by atoms with Gasteiger partial charge in [0, 0.05) is 32.8 Å². The molecule has 1 aromatic heterocycles. The van der Waals surface area contributed by atoms with Crippen molar-refractivity contribution in [3.05, 3.63) is 23.9 Å². The third-order valence-electron chi connectivity index (χ3n) is 3.43. The van der Waals surface area contributed by atoms with E-state index < -0.39 is 11.7 Å². The van der Waals surface area contributed by atoms with Crippen LogP contribution in [0.2, 0.25) is 0 Å². The number of hydrogen-bond acceptors (Lipinski definition) is 3. The number of carbonyl (C=O) groups is 1. The molecule has 1 N–H and O–H groups in total. The Morgan fingerprint density at radius 1 is 1.55 bits per heavy atom. The smallest absolute Gasteiger partial charge is 0.359 e. The van der Waals surface area contributed by atoms with Gasteiger partial charge in [-0.15, -0.1) is 0 Å². The Bertz CT molecular complexity index is 490. The van der Waals surface area contributed by atoms with Gasteiger partial charge in [-0.3, -0.25) is 4.79 Å². The molecule has 0 spiro atoms. The van der Waals surface area contributed by atoms with Crippen LogP contribution in [-0.2, 0) is 11.0 Å². The molecule has 1 atom stereocenters. The average molecular weight is 287 g/mol. The lowest BCUT2D eigenvalue weighted by Gasteiger charge is -2.21. The van der Waals surface area contributed by atoms with E-state index >= 15 is 0 Å². The zero-order valence-electron chi connectivity index (χ0n) is 11.1. The number of nitrogens with zero attached hydrogens (tertiary/aromatic N) is 2. The number of alkyl halides is 3. The van der Waals surface area contributed by atoms with E-state index in [-0.39, 0.29) is 17.6 Å². The van der Waals surface area contributed by atoms with Crippen molar-refractivity contribution in [1.29, 1.82) is 0 Å². The van der Waals surface area contributed by atoms with Crippen LogP contribution in [0.5, 0.6) is 0 Å². The summed E-state index contributed by atoms with van der Waals surface area (Å²) in [6.45, 7) is 0.912. The molecule has 1 fully saturated rings. The van der Waals surface area contributed by atoms with Gasteiger partial charge in [0.15, 0.2) is 0 Å². The molecule has 1 aromatic rings. The van der Waals surface area contributed by atoms with Crippen molar-refractivity contribution in [2.75, 3.05) is 25.0 Å². The molecule has 2 heterocycles. The first-order valence-corrected chi connectivity index (χ1v) is 6.39. The molecule has 1 aliphatic heterocycles. The monoisotopic (exact) mass is 287 g/mol. The Morgan fingerprint density at radius 3 is 2.95 bits per heavy atom. The van der Waals surface area contributed by atoms with Crippen molar-refractivity contribution >= 4 is 11.7 Å². The number of aromatic nitrogens is 1. The molecule has 1 amide bonds. The van der Waals surface area contributed by atoms with Crippen LogP contribution in [0, 0.1) is 5.92 Å². The number of hydrogen-bond donors (Lipinski definition) is 1. The summed E-state index contributed by atoms with van der Waals surface area (Å²) in [5, 5.41) is 2.53. The second kappa shape index (κ2) is 5.68. The fourth-order valence-corrected chi connectivity index (χ4v) is 2.43. The highest BCUT2D eigenvalue weighted by atomic mass is 19.4. The van der Waals surface area contributed by atoms with Crippen LogP contribution in [0.3, 0.4) is 0 Å². The maximum absolute atomic E-state index is 12.9. The van der Waals surface area contributed by atoms with Gasteiger partial charge in [-0.1, -0.05) is 0 Å². The molecule has 20 heavy (non-hydrogen) atoms. The zero-order chi connectivity index (χ0) is 14.8. The SMILES string of the molecule is CNC(=O)CC1CCN(c2ncccc2C(F)(F)F)C1. The molecule has 2 rings (SSSR count). The summed E-state index contributed by atoms with van der Waals surface area (Å²) in [4.78, 5) is 16.8. The zero-order valence-corrected chi connectivity index (χ0v) is 11.1. The van der Waals surface area contributed by atoms with E-state index in [1.54, 1.807) is 11.9 Å². The van der Waals surface area contributed by atoms with Crippen LogP contribution in [-0.4, -0.2) is 31.0 Å². The van der Waals surface area contributed by atoms with Crippen molar-refractivity contribution in [2.24, 2.45) is 5.92 Å². The minimum absolute atomic E-state index is 0.0422. The summed E-state index contributed by atoms with van der Waals surface area (Å²) in [5.74, 6) is -0.0636. The maximum atomic E-state index is 12.9. The normalized spacial score (nSPS) is 19.2. The number of amides is 1. The number of carbonyl (C=O) groups excluding carboxylic acids is 1. The number of anilines is 1. The summed E-state index contributed by atoms with van der Waals surface area (Å²) in [7, 11) is 1.55. The molecular formula is C13H16F3N3O. The number of rotatable bonds is 3. The summed E-state index contributed by atoms with van der Waals surface area (Å²) in [5.41, 5.74) is -0.722. The quantitative estimate of drug-likeness (QED) is 0.925. The van der Waals surface area contributed by atoms with Crippen molar-refractivity contribution in [1.82, 2.24) is 10.3 Å².